The van der Waals surface area contributed by atoms with Gasteiger partial charge in [-0.1, -0.05) is 60.7 Å². The van der Waals surface area contributed by atoms with E-state index in [-0.39, 0.29) is 0 Å². The van der Waals surface area contributed by atoms with Crippen LogP contribution in [0.25, 0.3) is 0 Å². The summed E-state index contributed by atoms with van der Waals surface area (Å²) in [5.41, 5.74) is 3.89. The molecule has 102 valence electrons. The van der Waals surface area contributed by atoms with Crippen LogP contribution >= 0.6 is 0 Å². The fourth-order valence-corrected chi connectivity index (χ4v) is 1.93. The first kappa shape index (κ1) is 14.0. The van der Waals surface area contributed by atoms with Crippen molar-refractivity contribution >= 4 is 5.71 Å². The number of hydrogen-bond donors (Lipinski definition) is 1. The SMILES string of the molecule is C=CCOCc1ccc(/C(=N/N)c2ccccc2)cc1. The zero-order valence-electron chi connectivity index (χ0n) is 11.3. The molecule has 0 saturated heterocycles. The summed E-state index contributed by atoms with van der Waals surface area (Å²) in [7, 11) is 0. The normalized spacial score (nSPS) is 11.3. The molecule has 0 bridgehead atoms. The van der Waals surface area contributed by atoms with Crippen LogP contribution in [0.1, 0.15) is 16.7 Å². The quantitative estimate of drug-likeness (QED) is 0.287. The summed E-state index contributed by atoms with van der Waals surface area (Å²) >= 11 is 0. The lowest BCUT2D eigenvalue weighted by Gasteiger charge is -2.07. The van der Waals surface area contributed by atoms with Gasteiger partial charge < -0.3 is 10.6 Å². The van der Waals surface area contributed by atoms with Gasteiger partial charge in [0.1, 0.15) is 0 Å². The maximum atomic E-state index is 5.53. The standard InChI is InChI=1S/C17H18N2O/c1-2-12-20-13-14-8-10-16(11-9-14)17(19-18)15-6-4-3-5-7-15/h2-11H,1,12-13,18H2/b19-17+. The van der Waals surface area contributed by atoms with Gasteiger partial charge in [0.2, 0.25) is 0 Å². The van der Waals surface area contributed by atoms with Crippen molar-refractivity contribution in [3.05, 3.63) is 83.9 Å². The summed E-state index contributed by atoms with van der Waals surface area (Å²) in [6.45, 7) is 4.75. The van der Waals surface area contributed by atoms with Crippen LogP contribution in [0.2, 0.25) is 0 Å². The fourth-order valence-electron chi connectivity index (χ4n) is 1.93. The third-order valence-electron chi connectivity index (χ3n) is 2.91. The van der Waals surface area contributed by atoms with Crippen LogP contribution < -0.4 is 5.84 Å². The van der Waals surface area contributed by atoms with Crippen molar-refractivity contribution in [1.29, 1.82) is 0 Å². The summed E-state index contributed by atoms with van der Waals surface area (Å²) < 4.78 is 5.41. The van der Waals surface area contributed by atoms with Crippen LogP contribution in [-0.4, -0.2) is 12.3 Å². The highest BCUT2D eigenvalue weighted by atomic mass is 16.5. The second kappa shape index (κ2) is 7.26. The van der Waals surface area contributed by atoms with Crippen molar-refractivity contribution in [2.24, 2.45) is 10.9 Å². The topological polar surface area (TPSA) is 47.6 Å². The second-order valence-corrected chi connectivity index (χ2v) is 4.34. The molecule has 2 aromatic carbocycles. The van der Waals surface area contributed by atoms with E-state index in [4.69, 9.17) is 10.6 Å². The smallest absolute Gasteiger partial charge is 0.0971 e. The van der Waals surface area contributed by atoms with Gasteiger partial charge >= 0.3 is 0 Å². The van der Waals surface area contributed by atoms with E-state index in [0.717, 1.165) is 22.4 Å². The number of nitrogens with zero attached hydrogens (tertiary/aromatic N) is 1. The maximum absolute atomic E-state index is 5.53. The molecule has 2 aromatic rings. The van der Waals surface area contributed by atoms with Crippen molar-refractivity contribution in [3.8, 4) is 0 Å². The van der Waals surface area contributed by atoms with Gasteiger partial charge in [-0.2, -0.15) is 5.10 Å². The molecule has 0 radical (unpaired) electrons. The van der Waals surface area contributed by atoms with E-state index in [0.29, 0.717) is 13.2 Å². The number of nitrogens with two attached hydrogens (primary N) is 1. The molecular weight excluding hydrogens is 248 g/mol. The molecule has 0 spiro atoms. The average molecular weight is 266 g/mol. The molecule has 0 atom stereocenters. The number of rotatable bonds is 6. The molecule has 2 N–H and O–H groups in total. The molecule has 0 aromatic heterocycles. The summed E-state index contributed by atoms with van der Waals surface area (Å²) in [5.74, 6) is 5.53. The molecule has 0 aliphatic rings. The predicted molar refractivity (Wildman–Crippen MR) is 82.6 cm³/mol. The van der Waals surface area contributed by atoms with Crippen molar-refractivity contribution < 1.29 is 4.74 Å². The number of hydrazone groups is 1. The van der Waals surface area contributed by atoms with Gasteiger partial charge in [-0.15, -0.1) is 6.58 Å². The Balaban J connectivity index is 2.14. The Bertz CT molecular complexity index is 574. The minimum Gasteiger partial charge on any atom is -0.373 e. The van der Waals surface area contributed by atoms with Gasteiger partial charge in [0.25, 0.3) is 0 Å². The summed E-state index contributed by atoms with van der Waals surface area (Å²) in [4.78, 5) is 0. The zero-order valence-corrected chi connectivity index (χ0v) is 11.3. The highest BCUT2D eigenvalue weighted by molar-refractivity contribution is 6.12. The molecule has 0 aliphatic heterocycles. The highest BCUT2D eigenvalue weighted by Crippen LogP contribution is 2.12. The Morgan fingerprint density at radius 2 is 1.70 bits per heavy atom. The van der Waals surface area contributed by atoms with Crippen molar-refractivity contribution in [2.75, 3.05) is 6.61 Å². The lowest BCUT2D eigenvalue weighted by Crippen LogP contribution is -2.06. The van der Waals surface area contributed by atoms with Gasteiger partial charge in [0, 0.05) is 11.1 Å². The highest BCUT2D eigenvalue weighted by Gasteiger charge is 2.06. The Hall–Kier alpha value is -2.39. The van der Waals surface area contributed by atoms with Crippen LogP contribution in [0.3, 0.4) is 0 Å². The molecule has 20 heavy (non-hydrogen) atoms. The third kappa shape index (κ3) is 3.56. The first-order valence-corrected chi connectivity index (χ1v) is 6.46. The van der Waals surface area contributed by atoms with Gasteiger partial charge in [-0.25, -0.2) is 0 Å². The van der Waals surface area contributed by atoms with E-state index in [2.05, 4.69) is 11.7 Å². The number of ether oxygens (including phenoxy) is 1. The molecule has 0 heterocycles. The Morgan fingerprint density at radius 3 is 2.30 bits per heavy atom. The maximum Gasteiger partial charge on any atom is 0.0971 e. The van der Waals surface area contributed by atoms with Crippen LogP contribution in [0, 0.1) is 0 Å². The minimum absolute atomic E-state index is 0.557. The first-order valence-electron chi connectivity index (χ1n) is 6.46. The van der Waals surface area contributed by atoms with Crippen molar-refractivity contribution in [1.82, 2.24) is 0 Å². The zero-order chi connectivity index (χ0) is 14.2. The molecule has 0 saturated carbocycles. The fraction of sp³-hybridized carbons (Fsp3) is 0.118. The van der Waals surface area contributed by atoms with Crippen LogP contribution in [0.4, 0.5) is 0 Å². The molecule has 3 heteroatoms. The molecule has 0 unspecified atom stereocenters. The van der Waals surface area contributed by atoms with Gasteiger partial charge in [-0.05, 0) is 5.56 Å². The van der Waals surface area contributed by atoms with E-state index in [1.807, 2.05) is 54.6 Å². The van der Waals surface area contributed by atoms with E-state index >= 15 is 0 Å². The van der Waals surface area contributed by atoms with Gasteiger partial charge in [0.15, 0.2) is 0 Å². The van der Waals surface area contributed by atoms with Crippen molar-refractivity contribution in [2.45, 2.75) is 6.61 Å². The third-order valence-corrected chi connectivity index (χ3v) is 2.91. The molecule has 0 amide bonds. The average Bonchev–Trinajstić information content (AvgIpc) is 2.51. The van der Waals surface area contributed by atoms with E-state index in [1.54, 1.807) is 6.08 Å². The number of benzene rings is 2. The van der Waals surface area contributed by atoms with Crippen molar-refractivity contribution in [3.63, 3.8) is 0 Å². The molecular formula is C17H18N2O. The summed E-state index contributed by atoms with van der Waals surface area (Å²) in [6.07, 6.45) is 1.74. The van der Waals surface area contributed by atoms with E-state index in [9.17, 15) is 0 Å². The predicted octanol–water partition coefficient (Wildman–Crippen LogP) is 3.10. The van der Waals surface area contributed by atoms with Gasteiger partial charge in [0.05, 0.1) is 18.9 Å². The van der Waals surface area contributed by atoms with Crippen LogP contribution in [0.15, 0.2) is 72.4 Å². The minimum atomic E-state index is 0.557. The lowest BCUT2D eigenvalue weighted by molar-refractivity contribution is 0.149. The van der Waals surface area contributed by atoms with E-state index < -0.39 is 0 Å². The Morgan fingerprint density at radius 1 is 1.05 bits per heavy atom. The van der Waals surface area contributed by atoms with Crippen LogP contribution in [-0.2, 0) is 11.3 Å². The monoisotopic (exact) mass is 266 g/mol. The summed E-state index contributed by atoms with van der Waals surface area (Å²) in [5, 5.41) is 3.91. The number of hydrogen-bond acceptors (Lipinski definition) is 3. The lowest BCUT2D eigenvalue weighted by atomic mass is 10.0. The van der Waals surface area contributed by atoms with Gasteiger partial charge in [-0.3, -0.25) is 0 Å². The summed E-state index contributed by atoms with van der Waals surface area (Å²) in [6, 6.07) is 17.9. The molecule has 3 nitrogen and oxygen atoms in total. The largest absolute Gasteiger partial charge is 0.373 e. The first-order chi connectivity index (χ1) is 9.85. The van der Waals surface area contributed by atoms with Crippen LogP contribution in [0.5, 0.6) is 0 Å². The van der Waals surface area contributed by atoms with E-state index in [1.165, 1.54) is 0 Å². The molecule has 0 fully saturated rings. The second-order valence-electron chi connectivity index (χ2n) is 4.34. The molecule has 2 rings (SSSR count). The Kier molecular flexibility index (Phi) is 5.09. The Labute approximate surface area is 119 Å². The molecule has 0 aliphatic carbocycles.